The van der Waals surface area contributed by atoms with Crippen molar-refractivity contribution >= 4 is 41.0 Å². The first-order valence-electron chi connectivity index (χ1n) is 12.0. The molecule has 1 atom stereocenters. The number of nitrogens with one attached hydrogen (secondary N) is 4. The van der Waals surface area contributed by atoms with E-state index in [4.69, 9.17) is 0 Å². The van der Waals surface area contributed by atoms with Crippen LogP contribution in [0, 0.1) is 11.3 Å². The van der Waals surface area contributed by atoms with E-state index in [2.05, 4.69) is 26.3 Å². The van der Waals surface area contributed by atoms with Crippen LogP contribution in [0.25, 0.3) is 0 Å². The van der Waals surface area contributed by atoms with Crippen molar-refractivity contribution in [3.8, 4) is 6.07 Å². The van der Waals surface area contributed by atoms with Crippen molar-refractivity contribution < 1.29 is 14.4 Å². The van der Waals surface area contributed by atoms with E-state index in [1.165, 1.54) is 34.5 Å². The molecule has 12 heteroatoms. The minimum Gasteiger partial charge on any atom is -0.383 e. The molecule has 4 N–H and O–H groups in total. The maximum Gasteiger partial charge on any atom is 0.319 e. The molecule has 2 fully saturated rings. The highest BCUT2D eigenvalue weighted by atomic mass is 32.2. The van der Waals surface area contributed by atoms with Gasteiger partial charge in [-0.15, -0.1) is 0 Å². The van der Waals surface area contributed by atoms with Crippen LogP contribution >= 0.6 is 11.8 Å². The van der Waals surface area contributed by atoms with Crippen LogP contribution in [0.4, 0.5) is 16.2 Å². The van der Waals surface area contributed by atoms with Crippen molar-refractivity contribution in [3.05, 3.63) is 34.9 Å². The summed E-state index contributed by atoms with van der Waals surface area (Å²) in [5.74, 6) is -0.702. The number of carbonyl (C=O) groups excluding carboxylic acids is 3. The standard InChI is InChI=1S/C24H34N8O3S/c1-4-32-22(34)20(36-23(32)19(15-25)21(33)29-30(2)3)16-27-17-7-9-18(10-8-17)28-24(35)26-11-14-31-12-5-6-13-31/h7-10,20,27H,4-6,11-14,16H2,1-3H3,(H,29,33)(H2,26,28,35)/b23-19-/t20-/m1/s1. The number of hydrogen-bond donors (Lipinski definition) is 4. The maximum atomic E-state index is 12.9. The number of thioether (sulfide) groups is 1. The summed E-state index contributed by atoms with van der Waals surface area (Å²) in [5, 5.41) is 19.8. The zero-order valence-electron chi connectivity index (χ0n) is 21.0. The molecule has 36 heavy (non-hydrogen) atoms. The highest BCUT2D eigenvalue weighted by molar-refractivity contribution is 8.04. The Labute approximate surface area is 216 Å². The molecule has 0 radical (unpaired) electrons. The van der Waals surface area contributed by atoms with Gasteiger partial charge in [0, 0.05) is 51.6 Å². The van der Waals surface area contributed by atoms with Crippen LogP contribution in [0.3, 0.4) is 0 Å². The van der Waals surface area contributed by atoms with Gasteiger partial charge < -0.3 is 25.8 Å². The second-order valence-electron chi connectivity index (χ2n) is 8.70. The number of urea groups is 1. The van der Waals surface area contributed by atoms with E-state index < -0.39 is 11.2 Å². The Morgan fingerprint density at radius 1 is 1.17 bits per heavy atom. The van der Waals surface area contributed by atoms with Gasteiger partial charge in [0.25, 0.3) is 5.91 Å². The van der Waals surface area contributed by atoms with Gasteiger partial charge in [0.2, 0.25) is 5.91 Å². The van der Waals surface area contributed by atoms with Crippen LogP contribution in [-0.4, -0.2) is 91.3 Å². The van der Waals surface area contributed by atoms with Gasteiger partial charge in [-0.25, -0.2) is 9.80 Å². The fourth-order valence-corrected chi connectivity index (χ4v) is 5.26. The number of benzene rings is 1. The zero-order chi connectivity index (χ0) is 26.1. The molecule has 0 saturated carbocycles. The smallest absolute Gasteiger partial charge is 0.319 e. The summed E-state index contributed by atoms with van der Waals surface area (Å²) < 4.78 is 0. The van der Waals surface area contributed by atoms with Crippen LogP contribution in [0.2, 0.25) is 0 Å². The second kappa shape index (κ2) is 13.2. The van der Waals surface area contributed by atoms with Crippen molar-refractivity contribution in [1.82, 2.24) is 25.6 Å². The minimum absolute atomic E-state index is 0.0828. The average Bonchev–Trinajstić information content (AvgIpc) is 3.46. The third-order valence-electron chi connectivity index (χ3n) is 5.78. The lowest BCUT2D eigenvalue weighted by molar-refractivity contribution is -0.127. The maximum absolute atomic E-state index is 12.9. The van der Waals surface area contributed by atoms with Crippen molar-refractivity contribution in [1.29, 1.82) is 5.26 Å². The summed E-state index contributed by atoms with van der Waals surface area (Å²) in [7, 11) is 3.30. The Kier molecular flexibility index (Phi) is 9.98. The van der Waals surface area contributed by atoms with Crippen molar-refractivity contribution in [2.45, 2.75) is 25.0 Å². The molecule has 2 aliphatic rings. The lowest BCUT2D eigenvalue weighted by atomic mass is 10.2. The molecule has 0 spiro atoms. The van der Waals surface area contributed by atoms with Gasteiger partial charge >= 0.3 is 6.03 Å². The van der Waals surface area contributed by atoms with Gasteiger partial charge in [0.15, 0.2) is 0 Å². The zero-order valence-corrected chi connectivity index (χ0v) is 21.8. The van der Waals surface area contributed by atoms with Gasteiger partial charge in [-0.1, -0.05) is 11.8 Å². The predicted molar refractivity (Wildman–Crippen MR) is 141 cm³/mol. The number of likely N-dealkylation sites (tertiary alicyclic amines) is 1. The third kappa shape index (κ3) is 7.36. The van der Waals surface area contributed by atoms with Crippen LogP contribution in [-0.2, 0) is 9.59 Å². The van der Waals surface area contributed by atoms with E-state index in [-0.39, 0.29) is 17.5 Å². The minimum atomic E-state index is -0.548. The molecule has 11 nitrogen and oxygen atoms in total. The number of nitriles is 1. The fourth-order valence-electron chi connectivity index (χ4n) is 3.99. The first kappa shape index (κ1) is 27.3. The number of carbonyl (C=O) groups is 3. The van der Waals surface area contributed by atoms with Crippen LogP contribution in [0.1, 0.15) is 19.8 Å². The van der Waals surface area contributed by atoms with E-state index in [1.807, 2.05) is 18.2 Å². The summed E-state index contributed by atoms with van der Waals surface area (Å²) in [6, 6.07) is 8.92. The molecule has 4 amide bonds. The quantitative estimate of drug-likeness (QED) is 0.210. The van der Waals surface area contributed by atoms with E-state index in [0.29, 0.717) is 30.4 Å². The largest absolute Gasteiger partial charge is 0.383 e. The third-order valence-corrected chi connectivity index (χ3v) is 7.08. The highest BCUT2D eigenvalue weighted by Gasteiger charge is 2.39. The summed E-state index contributed by atoms with van der Waals surface area (Å²) in [5.41, 5.74) is 3.93. The lowest BCUT2D eigenvalue weighted by Crippen LogP contribution is -2.38. The molecule has 1 aromatic rings. The molecule has 0 aromatic heterocycles. The molecule has 0 unspecified atom stereocenters. The lowest BCUT2D eigenvalue weighted by Gasteiger charge is -2.17. The molecule has 2 heterocycles. The fraction of sp³-hybridized carbons (Fsp3) is 0.500. The van der Waals surface area contributed by atoms with Gasteiger partial charge in [-0.05, 0) is 57.1 Å². The summed E-state index contributed by atoms with van der Waals surface area (Å²) >= 11 is 1.21. The van der Waals surface area contributed by atoms with Crippen LogP contribution < -0.4 is 21.4 Å². The first-order valence-corrected chi connectivity index (χ1v) is 12.9. The van der Waals surface area contributed by atoms with E-state index in [1.54, 1.807) is 33.2 Å². The second-order valence-corrected chi connectivity index (χ2v) is 9.90. The number of anilines is 2. The Morgan fingerprint density at radius 2 is 1.83 bits per heavy atom. The van der Waals surface area contributed by atoms with E-state index >= 15 is 0 Å². The van der Waals surface area contributed by atoms with E-state index in [9.17, 15) is 19.6 Å². The van der Waals surface area contributed by atoms with Crippen LogP contribution in [0.5, 0.6) is 0 Å². The van der Waals surface area contributed by atoms with Crippen LogP contribution in [0.15, 0.2) is 34.9 Å². The molecule has 0 aliphatic carbocycles. The SMILES string of the molecule is CCN1C(=O)[C@@H](CNc2ccc(NC(=O)NCCN3CCCC3)cc2)S/C1=C(/C#N)C(=O)NN(C)C. The molecule has 1 aromatic carbocycles. The summed E-state index contributed by atoms with van der Waals surface area (Å²) in [6.45, 7) is 6.15. The average molecular weight is 515 g/mol. The van der Waals surface area contributed by atoms with Crippen molar-refractivity contribution in [3.63, 3.8) is 0 Å². The highest BCUT2D eigenvalue weighted by Crippen LogP contribution is 2.37. The van der Waals surface area contributed by atoms with E-state index in [0.717, 1.165) is 25.3 Å². The summed E-state index contributed by atoms with van der Waals surface area (Å²) in [6.07, 6.45) is 2.45. The van der Waals surface area contributed by atoms with Crippen molar-refractivity contribution in [2.24, 2.45) is 0 Å². The Hall–Kier alpha value is -3.27. The number of amides is 4. The first-order chi connectivity index (χ1) is 17.3. The Balaban J connectivity index is 1.52. The number of nitrogens with zero attached hydrogens (tertiary/aromatic N) is 4. The molecule has 0 bridgehead atoms. The number of rotatable bonds is 10. The predicted octanol–water partition coefficient (Wildman–Crippen LogP) is 1.61. The Morgan fingerprint density at radius 3 is 2.44 bits per heavy atom. The number of hydrogen-bond acceptors (Lipinski definition) is 8. The molecule has 2 aliphatic heterocycles. The number of hydrazine groups is 1. The molecular weight excluding hydrogens is 480 g/mol. The molecule has 3 rings (SSSR count). The van der Waals surface area contributed by atoms with Gasteiger partial charge in [0.05, 0.1) is 0 Å². The Bertz CT molecular complexity index is 1020. The monoisotopic (exact) mass is 514 g/mol. The van der Waals surface area contributed by atoms with Gasteiger partial charge in [0.1, 0.15) is 21.9 Å². The summed E-state index contributed by atoms with van der Waals surface area (Å²) in [4.78, 5) is 41.3. The normalized spacial score (nSPS) is 19.2. The van der Waals surface area contributed by atoms with Crippen molar-refractivity contribution in [2.75, 3.05) is 64.0 Å². The topological polar surface area (TPSA) is 133 Å². The molecule has 2 saturated heterocycles. The van der Waals surface area contributed by atoms with Gasteiger partial charge in [-0.3, -0.25) is 15.0 Å². The van der Waals surface area contributed by atoms with Gasteiger partial charge in [-0.2, -0.15) is 5.26 Å². The molecular formula is C24H34N8O3S. The molecule has 194 valence electrons.